The van der Waals surface area contributed by atoms with Crippen molar-refractivity contribution in [3.05, 3.63) is 65.7 Å². The number of aromatic nitrogens is 3. The lowest BCUT2D eigenvalue weighted by molar-refractivity contribution is 0.0939. The van der Waals surface area contributed by atoms with Crippen molar-refractivity contribution in [2.24, 2.45) is 0 Å². The van der Waals surface area contributed by atoms with Crippen LogP contribution in [0.3, 0.4) is 0 Å². The maximum atomic E-state index is 12.2. The predicted molar refractivity (Wildman–Crippen MR) is 82.0 cm³/mol. The van der Waals surface area contributed by atoms with Gasteiger partial charge in [-0.1, -0.05) is 35.5 Å². The summed E-state index contributed by atoms with van der Waals surface area (Å²) in [6.45, 7) is 0.753. The number of rotatable bonds is 6. The number of nitrogens with one attached hydrogen (secondary N) is 1. The van der Waals surface area contributed by atoms with Crippen LogP contribution >= 0.6 is 0 Å². The Bertz CT molecular complexity index is 766. The van der Waals surface area contributed by atoms with Gasteiger partial charge in [-0.2, -0.15) is 0 Å². The lowest BCUT2D eigenvalue weighted by atomic mass is 10.2. The highest BCUT2D eigenvalue weighted by Gasteiger charge is 2.20. The van der Waals surface area contributed by atoms with Crippen LogP contribution in [0.2, 0.25) is 0 Å². The number of carbonyl (C=O) groups excluding carboxylic acids is 1. The van der Waals surface area contributed by atoms with Gasteiger partial charge in [-0.3, -0.25) is 4.79 Å². The van der Waals surface area contributed by atoms with Crippen LogP contribution in [0.15, 0.2) is 53.1 Å². The summed E-state index contributed by atoms with van der Waals surface area (Å²) in [5, 5.41) is 10.7. The molecule has 0 atom stereocenters. The molecular weight excluding hydrogens is 296 g/mol. The van der Waals surface area contributed by atoms with Gasteiger partial charge >= 0.3 is 0 Å². The lowest BCUT2D eigenvalue weighted by Crippen LogP contribution is -2.23. The minimum atomic E-state index is -0.363. The average Bonchev–Trinajstić information content (AvgIpc) is 3.23. The summed E-state index contributed by atoms with van der Waals surface area (Å²) in [5.41, 5.74) is 1.19. The van der Waals surface area contributed by atoms with Crippen molar-refractivity contribution in [2.75, 3.05) is 7.11 Å². The number of carbonyl (C=O) groups is 1. The molecule has 0 fully saturated rings. The summed E-state index contributed by atoms with van der Waals surface area (Å²) in [7, 11) is 1.49. The highest BCUT2D eigenvalue weighted by atomic mass is 16.5. The highest BCUT2D eigenvalue weighted by molar-refractivity contribution is 5.94. The first-order valence-electron chi connectivity index (χ1n) is 7.10. The third kappa shape index (κ3) is 3.39. The fraction of sp³-hybridized carbons (Fsp3) is 0.188. The predicted octanol–water partition coefficient (Wildman–Crippen LogP) is 1.86. The summed E-state index contributed by atoms with van der Waals surface area (Å²) in [5.74, 6) is 0.623. The molecule has 3 rings (SSSR count). The second kappa shape index (κ2) is 6.78. The SMILES string of the molecule is COc1c(C(=O)NCc2ccco2)nnn1Cc1ccccc1. The Hall–Kier alpha value is -3.09. The number of furan rings is 1. The fourth-order valence-corrected chi connectivity index (χ4v) is 2.17. The zero-order valence-corrected chi connectivity index (χ0v) is 12.6. The van der Waals surface area contributed by atoms with Gasteiger partial charge in [0.2, 0.25) is 11.6 Å². The van der Waals surface area contributed by atoms with Crippen molar-refractivity contribution >= 4 is 5.91 Å². The number of methoxy groups -OCH3 is 1. The summed E-state index contributed by atoms with van der Waals surface area (Å²) >= 11 is 0. The first-order valence-corrected chi connectivity index (χ1v) is 7.10. The summed E-state index contributed by atoms with van der Waals surface area (Å²) in [6, 6.07) is 13.3. The van der Waals surface area contributed by atoms with E-state index in [0.29, 0.717) is 18.2 Å². The number of hydrogen-bond donors (Lipinski definition) is 1. The van der Waals surface area contributed by atoms with Crippen LogP contribution in [0.1, 0.15) is 21.8 Å². The molecule has 7 nitrogen and oxygen atoms in total. The number of amides is 1. The molecule has 0 saturated carbocycles. The molecule has 1 aromatic carbocycles. The molecule has 2 aromatic heterocycles. The van der Waals surface area contributed by atoms with Gasteiger partial charge in [0.05, 0.1) is 26.5 Å². The van der Waals surface area contributed by atoms with Crippen LogP contribution in [0, 0.1) is 0 Å². The van der Waals surface area contributed by atoms with E-state index in [-0.39, 0.29) is 18.1 Å². The van der Waals surface area contributed by atoms with Gasteiger partial charge in [0.15, 0.2) is 0 Å². The number of hydrogen-bond acceptors (Lipinski definition) is 5. The monoisotopic (exact) mass is 312 g/mol. The zero-order valence-electron chi connectivity index (χ0n) is 12.6. The first kappa shape index (κ1) is 14.8. The highest BCUT2D eigenvalue weighted by Crippen LogP contribution is 2.17. The van der Waals surface area contributed by atoms with Crippen molar-refractivity contribution in [3.8, 4) is 5.88 Å². The summed E-state index contributed by atoms with van der Waals surface area (Å²) in [4.78, 5) is 12.2. The Labute approximate surface area is 132 Å². The van der Waals surface area contributed by atoms with Gasteiger partial charge in [-0.05, 0) is 17.7 Å². The topological polar surface area (TPSA) is 82.2 Å². The van der Waals surface area contributed by atoms with E-state index in [1.807, 2.05) is 30.3 Å². The second-order valence-corrected chi connectivity index (χ2v) is 4.85. The van der Waals surface area contributed by atoms with E-state index in [9.17, 15) is 4.79 Å². The molecule has 1 amide bonds. The van der Waals surface area contributed by atoms with Crippen LogP contribution in [0.4, 0.5) is 0 Å². The van der Waals surface area contributed by atoms with E-state index >= 15 is 0 Å². The number of benzene rings is 1. The molecular formula is C16H16N4O3. The Morgan fingerprint density at radius 2 is 2.09 bits per heavy atom. The largest absolute Gasteiger partial charge is 0.479 e. The molecule has 7 heteroatoms. The summed E-state index contributed by atoms with van der Waals surface area (Å²) < 4.78 is 12.0. The standard InChI is InChI=1S/C16H16N4O3/c1-22-16-14(15(21)17-10-13-8-5-9-23-13)18-19-20(16)11-12-6-3-2-4-7-12/h2-9H,10-11H2,1H3,(H,17,21). The van der Waals surface area contributed by atoms with Crippen molar-refractivity contribution in [3.63, 3.8) is 0 Å². The molecule has 3 aromatic rings. The van der Waals surface area contributed by atoms with Crippen molar-refractivity contribution in [1.29, 1.82) is 0 Å². The Balaban J connectivity index is 1.73. The first-order chi connectivity index (χ1) is 11.3. The maximum absolute atomic E-state index is 12.2. The second-order valence-electron chi connectivity index (χ2n) is 4.85. The smallest absolute Gasteiger partial charge is 0.277 e. The third-order valence-electron chi connectivity index (χ3n) is 3.28. The van der Waals surface area contributed by atoms with Crippen LogP contribution in [0.25, 0.3) is 0 Å². The molecule has 0 unspecified atom stereocenters. The minimum absolute atomic E-state index is 0.148. The van der Waals surface area contributed by atoms with Gasteiger partial charge in [0.25, 0.3) is 5.91 Å². The molecule has 0 aliphatic heterocycles. The summed E-state index contributed by atoms with van der Waals surface area (Å²) in [6.07, 6.45) is 1.55. The van der Waals surface area contributed by atoms with E-state index in [4.69, 9.17) is 9.15 Å². The molecule has 1 N–H and O–H groups in total. The van der Waals surface area contributed by atoms with Crippen molar-refractivity contribution in [2.45, 2.75) is 13.1 Å². The molecule has 118 valence electrons. The maximum Gasteiger partial charge on any atom is 0.277 e. The molecule has 0 radical (unpaired) electrons. The molecule has 0 bridgehead atoms. The van der Waals surface area contributed by atoms with Gasteiger partial charge in [0, 0.05) is 0 Å². The van der Waals surface area contributed by atoms with Crippen LogP contribution in [0.5, 0.6) is 5.88 Å². The van der Waals surface area contributed by atoms with Gasteiger partial charge in [0.1, 0.15) is 5.76 Å². The zero-order chi connectivity index (χ0) is 16.1. The normalized spacial score (nSPS) is 10.5. The Morgan fingerprint density at radius 1 is 1.26 bits per heavy atom. The fourth-order valence-electron chi connectivity index (χ4n) is 2.17. The van der Waals surface area contributed by atoms with Crippen LogP contribution in [-0.4, -0.2) is 28.0 Å². The van der Waals surface area contributed by atoms with Crippen molar-refractivity contribution in [1.82, 2.24) is 20.3 Å². The Kier molecular flexibility index (Phi) is 4.37. The van der Waals surface area contributed by atoms with Gasteiger partial charge in [-0.25, -0.2) is 4.68 Å². The van der Waals surface area contributed by atoms with Crippen molar-refractivity contribution < 1.29 is 13.9 Å². The quantitative estimate of drug-likeness (QED) is 0.751. The van der Waals surface area contributed by atoms with E-state index in [2.05, 4.69) is 15.6 Å². The molecule has 0 saturated heterocycles. The van der Waals surface area contributed by atoms with Crippen LogP contribution < -0.4 is 10.1 Å². The van der Waals surface area contributed by atoms with E-state index < -0.39 is 0 Å². The van der Waals surface area contributed by atoms with Crippen LogP contribution in [-0.2, 0) is 13.1 Å². The van der Waals surface area contributed by atoms with E-state index in [1.54, 1.807) is 23.1 Å². The molecule has 0 aliphatic rings. The molecule has 0 spiro atoms. The number of ether oxygens (including phenoxy) is 1. The van der Waals surface area contributed by atoms with E-state index in [1.165, 1.54) is 7.11 Å². The average molecular weight is 312 g/mol. The Morgan fingerprint density at radius 3 is 2.78 bits per heavy atom. The van der Waals surface area contributed by atoms with Gasteiger partial charge in [-0.15, -0.1) is 5.10 Å². The van der Waals surface area contributed by atoms with E-state index in [0.717, 1.165) is 5.56 Å². The third-order valence-corrected chi connectivity index (χ3v) is 3.28. The van der Waals surface area contributed by atoms with Gasteiger partial charge < -0.3 is 14.5 Å². The minimum Gasteiger partial charge on any atom is -0.479 e. The molecule has 2 heterocycles. The lowest BCUT2D eigenvalue weighted by Gasteiger charge is -2.06. The number of nitrogens with zero attached hydrogens (tertiary/aromatic N) is 3. The molecule has 0 aliphatic carbocycles. The molecule has 23 heavy (non-hydrogen) atoms.